The van der Waals surface area contributed by atoms with Crippen LogP contribution in [0.4, 0.5) is 5.69 Å². The van der Waals surface area contributed by atoms with E-state index in [2.05, 4.69) is 10.3 Å². The molecular formula is C18H17N3O3. The van der Waals surface area contributed by atoms with Crippen molar-refractivity contribution in [1.29, 1.82) is 0 Å². The molecule has 3 aromatic rings. The number of carbonyl (C=O) groups excluding carboxylic acids is 1. The quantitative estimate of drug-likeness (QED) is 0.782. The van der Waals surface area contributed by atoms with E-state index in [0.29, 0.717) is 35.2 Å². The molecule has 0 spiro atoms. The second-order valence-corrected chi connectivity index (χ2v) is 5.28. The number of carbonyl (C=O) groups is 1. The Morgan fingerprint density at radius 3 is 2.71 bits per heavy atom. The lowest BCUT2D eigenvalue weighted by Gasteiger charge is -2.12. The van der Waals surface area contributed by atoms with Crippen LogP contribution in [0.25, 0.3) is 10.8 Å². The van der Waals surface area contributed by atoms with Crippen LogP contribution in [0.3, 0.4) is 0 Å². The number of pyridine rings is 2. The topological polar surface area (TPSA) is 73.2 Å². The van der Waals surface area contributed by atoms with Crippen LogP contribution in [0.2, 0.25) is 0 Å². The first-order valence-electron chi connectivity index (χ1n) is 7.53. The summed E-state index contributed by atoms with van der Waals surface area (Å²) < 4.78 is 6.54. The Bertz CT molecular complexity index is 920. The van der Waals surface area contributed by atoms with E-state index < -0.39 is 0 Å². The van der Waals surface area contributed by atoms with E-state index in [1.54, 1.807) is 56.0 Å². The van der Waals surface area contributed by atoms with Crippen LogP contribution in [0.1, 0.15) is 10.4 Å². The number of fused-ring (bicyclic) bond motifs is 1. The zero-order valence-electron chi connectivity index (χ0n) is 13.2. The minimum Gasteiger partial charge on any atom is -0.383 e. The normalized spacial score (nSPS) is 10.7. The number of hydrogen-bond donors (Lipinski definition) is 1. The SMILES string of the molecule is COCCn1cc(C(=O)Nc2cccnc2)c2ccccc2c1=O. The lowest BCUT2D eigenvalue weighted by atomic mass is 10.1. The van der Waals surface area contributed by atoms with Crippen molar-refractivity contribution in [1.82, 2.24) is 9.55 Å². The Labute approximate surface area is 138 Å². The number of aromatic nitrogens is 2. The predicted molar refractivity (Wildman–Crippen MR) is 92.3 cm³/mol. The van der Waals surface area contributed by atoms with Crippen LogP contribution >= 0.6 is 0 Å². The Morgan fingerprint density at radius 2 is 2.00 bits per heavy atom. The van der Waals surface area contributed by atoms with Crippen molar-refractivity contribution in [2.75, 3.05) is 19.0 Å². The van der Waals surface area contributed by atoms with Crippen LogP contribution in [-0.4, -0.2) is 29.2 Å². The molecule has 0 aliphatic carbocycles. The molecule has 6 nitrogen and oxygen atoms in total. The highest BCUT2D eigenvalue weighted by Gasteiger charge is 2.14. The van der Waals surface area contributed by atoms with Gasteiger partial charge in [-0.05, 0) is 18.2 Å². The van der Waals surface area contributed by atoms with Gasteiger partial charge in [-0.25, -0.2) is 0 Å². The van der Waals surface area contributed by atoms with E-state index >= 15 is 0 Å². The Morgan fingerprint density at radius 1 is 1.21 bits per heavy atom. The number of methoxy groups -OCH3 is 1. The van der Waals surface area contributed by atoms with Gasteiger partial charge in [-0.1, -0.05) is 18.2 Å². The third-order valence-corrected chi connectivity index (χ3v) is 3.69. The average molecular weight is 323 g/mol. The number of nitrogens with zero attached hydrogens (tertiary/aromatic N) is 2. The van der Waals surface area contributed by atoms with Crippen molar-refractivity contribution < 1.29 is 9.53 Å². The van der Waals surface area contributed by atoms with Crippen LogP contribution in [-0.2, 0) is 11.3 Å². The largest absolute Gasteiger partial charge is 0.383 e. The average Bonchev–Trinajstić information content (AvgIpc) is 2.62. The van der Waals surface area contributed by atoms with Gasteiger partial charge in [-0.2, -0.15) is 0 Å². The molecule has 1 amide bonds. The number of anilines is 1. The maximum Gasteiger partial charge on any atom is 0.258 e. The summed E-state index contributed by atoms with van der Waals surface area (Å²) in [7, 11) is 1.57. The first kappa shape index (κ1) is 15.9. The first-order chi connectivity index (χ1) is 11.7. The summed E-state index contributed by atoms with van der Waals surface area (Å²) in [5.74, 6) is -0.287. The molecule has 0 aliphatic rings. The number of hydrogen-bond acceptors (Lipinski definition) is 4. The number of amides is 1. The fraction of sp³-hybridized carbons (Fsp3) is 0.167. The first-order valence-corrected chi connectivity index (χ1v) is 7.53. The molecule has 0 unspecified atom stereocenters. The van der Waals surface area contributed by atoms with Gasteiger partial charge in [-0.3, -0.25) is 14.6 Å². The van der Waals surface area contributed by atoms with Crippen LogP contribution in [0.5, 0.6) is 0 Å². The highest BCUT2D eigenvalue weighted by molar-refractivity contribution is 6.12. The second-order valence-electron chi connectivity index (χ2n) is 5.28. The van der Waals surface area contributed by atoms with Crippen LogP contribution < -0.4 is 10.9 Å². The van der Waals surface area contributed by atoms with Crippen LogP contribution in [0, 0.1) is 0 Å². The van der Waals surface area contributed by atoms with Crippen LogP contribution in [0.15, 0.2) is 59.8 Å². The molecule has 1 aromatic carbocycles. The highest BCUT2D eigenvalue weighted by atomic mass is 16.5. The molecule has 1 N–H and O–H groups in total. The smallest absolute Gasteiger partial charge is 0.258 e. The molecule has 0 atom stereocenters. The van der Waals surface area contributed by atoms with Crippen molar-refractivity contribution in [3.05, 3.63) is 70.9 Å². The van der Waals surface area contributed by atoms with E-state index in [0.717, 1.165) is 0 Å². The molecule has 0 bridgehead atoms. The second kappa shape index (κ2) is 7.06. The lowest BCUT2D eigenvalue weighted by Crippen LogP contribution is -2.25. The monoisotopic (exact) mass is 323 g/mol. The molecule has 24 heavy (non-hydrogen) atoms. The fourth-order valence-electron chi connectivity index (χ4n) is 2.51. The summed E-state index contributed by atoms with van der Waals surface area (Å²) in [6.45, 7) is 0.773. The van der Waals surface area contributed by atoms with Crippen molar-refractivity contribution in [3.63, 3.8) is 0 Å². The summed E-state index contributed by atoms with van der Waals surface area (Å²) >= 11 is 0. The van der Waals surface area contributed by atoms with Gasteiger partial charge in [0.2, 0.25) is 0 Å². The van der Waals surface area contributed by atoms with Gasteiger partial charge in [0.15, 0.2) is 0 Å². The van der Waals surface area contributed by atoms with E-state index in [-0.39, 0.29) is 11.5 Å². The zero-order chi connectivity index (χ0) is 16.9. The Hall–Kier alpha value is -2.99. The van der Waals surface area contributed by atoms with E-state index in [9.17, 15) is 9.59 Å². The van der Waals surface area contributed by atoms with Crippen molar-refractivity contribution in [2.45, 2.75) is 6.54 Å². The third-order valence-electron chi connectivity index (χ3n) is 3.69. The maximum absolute atomic E-state index is 12.7. The van der Waals surface area contributed by atoms with Crippen molar-refractivity contribution in [3.8, 4) is 0 Å². The minimum atomic E-state index is -0.287. The van der Waals surface area contributed by atoms with E-state index in [4.69, 9.17) is 4.74 Å². The predicted octanol–water partition coefficient (Wildman–Crippen LogP) is 2.30. The summed E-state index contributed by atoms with van der Waals surface area (Å²) in [6, 6.07) is 10.6. The lowest BCUT2D eigenvalue weighted by molar-refractivity contribution is 0.102. The third kappa shape index (κ3) is 3.18. The molecule has 2 aromatic heterocycles. The van der Waals surface area contributed by atoms with Gasteiger partial charge in [0, 0.05) is 36.8 Å². The van der Waals surface area contributed by atoms with E-state index in [1.807, 2.05) is 6.07 Å². The summed E-state index contributed by atoms with van der Waals surface area (Å²) in [4.78, 5) is 29.2. The van der Waals surface area contributed by atoms with Gasteiger partial charge in [0.1, 0.15) is 0 Å². The van der Waals surface area contributed by atoms with E-state index in [1.165, 1.54) is 4.57 Å². The van der Waals surface area contributed by atoms with Crippen molar-refractivity contribution >= 4 is 22.4 Å². The molecule has 0 aliphatic heterocycles. The van der Waals surface area contributed by atoms with Gasteiger partial charge in [-0.15, -0.1) is 0 Å². The molecule has 122 valence electrons. The number of benzene rings is 1. The summed E-state index contributed by atoms with van der Waals surface area (Å²) in [5.41, 5.74) is 0.895. The standard InChI is InChI=1S/C18H17N3O3/c1-24-10-9-21-12-16(14-6-2-3-7-15(14)18(21)23)17(22)20-13-5-4-8-19-11-13/h2-8,11-12H,9-10H2,1H3,(H,20,22). The molecule has 0 saturated heterocycles. The van der Waals surface area contributed by atoms with Crippen molar-refractivity contribution in [2.24, 2.45) is 0 Å². The molecular weight excluding hydrogens is 306 g/mol. The zero-order valence-corrected chi connectivity index (χ0v) is 13.2. The van der Waals surface area contributed by atoms with Gasteiger partial charge in [0.25, 0.3) is 11.5 Å². The maximum atomic E-state index is 12.7. The van der Waals surface area contributed by atoms with Gasteiger partial charge in [0.05, 0.1) is 24.1 Å². The number of ether oxygens (including phenoxy) is 1. The molecule has 2 heterocycles. The fourth-order valence-corrected chi connectivity index (χ4v) is 2.51. The molecule has 3 rings (SSSR count). The molecule has 0 saturated carbocycles. The summed E-state index contributed by atoms with van der Waals surface area (Å²) in [5, 5.41) is 3.93. The highest BCUT2D eigenvalue weighted by Crippen LogP contribution is 2.17. The van der Waals surface area contributed by atoms with Gasteiger partial charge >= 0.3 is 0 Å². The minimum absolute atomic E-state index is 0.138. The van der Waals surface area contributed by atoms with Gasteiger partial charge < -0.3 is 14.6 Å². The molecule has 0 fully saturated rings. The number of nitrogens with one attached hydrogen (secondary N) is 1. The molecule has 6 heteroatoms. The Kier molecular flexibility index (Phi) is 4.67. The summed E-state index contributed by atoms with van der Waals surface area (Å²) in [6.07, 6.45) is 4.78. The number of rotatable bonds is 5. The Balaban J connectivity index is 2.07. The molecule has 0 radical (unpaired) electrons.